The maximum absolute atomic E-state index is 10.5. The summed E-state index contributed by atoms with van der Waals surface area (Å²) in [6.07, 6.45) is 1.25. The topological polar surface area (TPSA) is 56.5 Å². The van der Waals surface area contributed by atoms with E-state index in [0.717, 1.165) is 29.7 Å². The number of benzene rings is 2. The van der Waals surface area contributed by atoms with E-state index >= 15 is 0 Å². The first kappa shape index (κ1) is 17.3. The predicted molar refractivity (Wildman–Crippen MR) is 98.2 cm³/mol. The Morgan fingerprint density at radius 3 is 2.56 bits per heavy atom. The third-order valence-corrected chi connectivity index (χ3v) is 4.10. The zero-order valence-corrected chi connectivity index (χ0v) is 14.7. The van der Waals surface area contributed by atoms with Gasteiger partial charge in [0.15, 0.2) is 11.5 Å². The van der Waals surface area contributed by atoms with Crippen LogP contribution < -0.4 is 9.47 Å². The maximum atomic E-state index is 10.5. The van der Waals surface area contributed by atoms with Gasteiger partial charge in [0.05, 0.1) is 24.7 Å². The summed E-state index contributed by atoms with van der Waals surface area (Å²) in [7, 11) is 1.60. The fourth-order valence-electron chi connectivity index (χ4n) is 2.93. The summed E-state index contributed by atoms with van der Waals surface area (Å²) in [6, 6.07) is 15.5. The molecule has 3 rings (SSSR count). The van der Waals surface area contributed by atoms with E-state index in [0.29, 0.717) is 18.0 Å². The molecular formula is C20H24N2O3. The van der Waals surface area contributed by atoms with Crippen molar-refractivity contribution in [1.82, 2.24) is 9.55 Å². The number of rotatable bonds is 8. The Labute approximate surface area is 147 Å². The van der Waals surface area contributed by atoms with Crippen molar-refractivity contribution in [3.8, 4) is 11.5 Å². The fraction of sp³-hybridized carbons (Fsp3) is 0.350. The average molecular weight is 340 g/mol. The molecule has 1 atom stereocenters. The lowest BCUT2D eigenvalue weighted by Crippen LogP contribution is -2.24. The molecule has 0 saturated carbocycles. The summed E-state index contributed by atoms with van der Waals surface area (Å²) in [5.74, 6) is 2.29. The van der Waals surface area contributed by atoms with Gasteiger partial charge in [0, 0.05) is 6.42 Å². The molecule has 0 unspecified atom stereocenters. The van der Waals surface area contributed by atoms with Gasteiger partial charge in [-0.25, -0.2) is 4.98 Å². The van der Waals surface area contributed by atoms with Crippen molar-refractivity contribution >= 4 is 11.0 Å². The van der Waals surface area contributed by atoms with Gasteiger partial charge in [-0.3, -0.25) is 0 Å². The largest absolute Gasteiger partial charge is 0.493 e. The highest BCUT2D eigenvalue weighted by Crippen LogP contribution is 2.26. The van der Waals surface area contributed by atoms with E-state index in [1.165, 1.54) is 0 Å². The number of aromatic nitrogens is 2. The molecular weight excluding hydrogens is 316 g/mol. The molecule has 1 heterocycles. The second kappa shape index (κ2) is 8.03. The third kappa shape index (κ3) is 3.94. The molecule has 0 aliphatic rings. The van der Waals surface area contributed by atoms with Crippen molar-refractivity contribution in [2.24, 2.45) is 0 Å². The number of methoxy groups -OCH3 is 1. The number of hydrogen-bond acceptors (Lipinski definition) is 4. The Kier molecular flexibility index (Phi) is 5.56. The first-order valence-corrected chi connectivity index (χ1v) is 8.61. The van der Waals surface area contributed by atoms with E-state index in [1.807, 2.05) is 48.5 Å². The number of aryl methyl sites for hydroxylation is 1. The van der Waals surface area contributed by atoms with Crippen LogP contribution in [0.3, 0.4) is 0 Å². The highest BCUT2D eigenvalue weighted by Gasteiger charge is 2.15. The zero-order valence-electron chi connectivity index (χ0n) is 14.7. The average Bonchev–Trinajstić information content (AvgIpc) is 2.98. The summed E-state index contributed by atoms with van der Waals surface area (Å²) in [6.45, 7) is 2.77. The molecule has 0 radical (unpaired) electrons. The molecule has 132 valence electrons. The van der Waals surface area contributed by atoms with Crippen molar-refractivity contribution in [2.75, 3.05) is 13.7 Å². The van der Waals surface area contributed by atoms with Crippen LogP contribution in [-0.4, -0.2) is 34.5 Å². The molecule has 2 aromatic carbocycles. The van der Waals surface area contributed by atoms with Crippen LogP contribution in [-0.2, 0) is 13.0 Å². The molecule has 0 spiro atoms. The van der Waals surface area contributed by atoms with Crippen LogP contribution >= 0.6 is 0 Å². The number of hydrogen-bond donors (Lipinski definition) is 1. The summed E-state index contributed by atoms with van der Waals surface area (Å²) in [5, 5.41) is 10.5. The fourth-order valence-corrected chi connectivity index (χ4v) is 2.93. The van der Waals surface area contributed by atoms with Crippen molar-refractivity contribution in [3.63, 3.8) is 0 Å². The van der Waals surface area contributed by atoms with Gasteiger partial charge in [0.25, 0.3) is 0 Å². The number of fused-ring (bicyclic) bond motifs is 1. The minimum atomic E-state index is -0.641. The van der Waals surface area contributed by atoms with Crippen LogP contribution in [0.25, 0.3) is 11.0 Å². The van der Waals surface area contributed by atoms with Gasteiger partial charge >= 0.3 is 0 Å². The van der Waals surface area contributed by atoms with Crippen molar-refractivity contribution in [3.05, 3.63) is 54.4 Å². The van der Waals surface area contributed by atoms with E-state index in [2.05, 4.69) is 11.5 Å². The Morgan fingerprint density at radius 2 is 1.80 bits per heavy atom. The lowest BCUT2D eigenvalue weighted by atomic mass is 10.3. The quantitative estimate of drug-likeness (QED) is 0.682. The van der Waals surface area contributed by atoms with E-state index < -0.39 is 6.10 Å². The number of aliphatic hydroxyl groups excluding tert-OH is 1. The Bertz CT molecular complexity index is 829. The SMILES string of the molecule is CCCc1nc2ccccc2n1C[C@@H](O)COc1ccccc1OC. The minimum Gasteiger partial charge on any atom is -0.493 e. The molecule has 0 aliphatic carbocycles. The number of aliphatic hydroxyl groups is 1. The van der Waals surface area contributed by atoms with Gasteiger partial charge in [0.1, 0.15) is 18.5 Å². The Balaban J connectivity index is 1.73. The molecule has 3 aromatic rings. The predicted octanol–water partition coefficient (Wildman–Crippen LogP) is 3.44. The molecule has 0 saturated heterocycles. The smallest absolute Gasteiger partial charge is 0.161 e. The van der Waals surface area contributed by atoms with Gasteiger partial charge in [-0.05, 0) is 30.7 Å². The lowest BCUT2D eigenvalue weighted by Gasteiger charge is -2.16. The van der Waals surface area contributed by atoms with Crippen LogP contribution in [0.5, 0.6) is 11.5 Å². The van der Waals surface area contributed by atoms with Crippen LogP contribution in [0.1, 0.15) is 19.2 Å². The van der Waals surface area contributed by atoms with Gasteiger partial charge in [-0.2, -0.15) is 0 Å². The minimum absolute atomic E-state index is 0.193. The van der Waals surface area contributed by atoms with E-state index in [9.17, 15) is 5.11 Å². The van der Waals surface area contributed by atoms with Gasteiger partial charge in [0.2, 0.25) is 0 Å². The first-order chi connectivity index (χ1) is 12.2. The summed E-state index contributed by atoms with van der Waals surface area (Å²) in [4.78, 5) is 4.69. The number of nitrogens with zero attached hydrogens (tertiary/aromatic N) is 2. The highest BCUT2D eigenvalue weighted by molar-refractivity contribution is 5.75. The molecule has 1 aromatic heterocycles. The summed E-state index contributed by atoms with van der Waals surface area (Å²) < 4.78 is 13.1. The molecule has 5 nitrogen and oxygen atoms in total. The van der Waals surface area contributed by atoms with Crippen LogP contribution in [0, 0.1) is 0 Å². The lowest BCUT2D eigenvalue weighted by molar-refractivity contribution is 0.0912. The number of imidazole rings is 1. The van der Waals surface area contributed by atoms with E-state index in [-0.39, 0.29) is 6.61 Å². The Morgan fingerprint density at radius 1 is 1.08 bits per heavy atom. The number of ether oxygens (including phenoxy) is 2. The van der Waals surface area contributed by atoms with Crippen molar-refractivity contribution < 1.29 is 14.6 Å². The van der Waals surface area contributed by atoms with Crippen LogP contribution in [0.4, 0.5) is 0 Å². The van der Waals surface area contributed by atoms with Gasteiger partial charge < -0.3 is 19.1 Å². The maximum Gasteiger partial charge on any atom is 0.161 e. The van der Waals surface area contributed by atoms with E-state index in [1.54, 1.807) is 7.11 Å². The summed E-state index contributed by atoms with van der Waals surface area (Å²) in [5.41, 5.74) is 2.01. The summed E-state index contributed by atoms with van der Waals surface area (Å²) >= 11 is 0. The Hall–Kier alpha value is -2.53. The standard InChI is InChI=1S/C20H24N2O3/c1-3-8-20-21-16-9-4-5-10-17(16)22(20)13-15(23)14-25-19-12-7-6-11-18(19)24-2/h4-7,9-12,15,23H,3,8,13-14H2,1-2H3/t15-/m1/s1. The molecule has 0 fully saturated rings. The highest BCUT2D eigenvalue weighted by atomic mass is 16.5. The zero-order chi connectivity index (χ0) is 17.6. The van der Waals surface area contributed by atoms with Crippen LogP contribution in [0.15, 0.2) is 48.5 Å². The molecule has 0 bridgehead atoms. The molecule has 1 N–H and O–H groups in total. The molecule has 0 amide bonds. The van der Waals surface area contributed by atoms with Crippen molar-refractivity contribution in [1.29, 1.82) is 0 Å². The normalized spacial score (nSPS) is 12.3. The second-order valence-electron chi connectivity index (χ2n) is 5.99. The first-order valence-electron chi connectivity index (χ1n) is 8.61. The molecule has 25 heavy (non-hydrogen) atoms. The molecule has 0 aliphatic heterocycles. The third-order valence-electron chi connectivity index (χ3n) is 4.10. The molecule has 5 heteroatoms. The van der Waals surface area contributed by atoms with Crippen molar-refractivity contribution in [2.45, 2.75) is 32.4 Å². The van der Waals surface area contributed by atoms with Crippen LogP contribution in [0.2, 0.25) is 0 Å². The second-order valence-corrected chi connectivity index (χ2v) is 5.99. The monoisotopic (exact) mass is 340 g/mol. The number of para-hydroxylation sites is 4. The van der Waals surface area contributed by atoms with Gasteiger partial charge in [-0.15, -0.1) is 0 Å². The van der Waals surface area contributed by atoms with Gasteiger partial charge in [-0.1, -0.05) is 31.2 Å². The van der Waals surface area contributed by atoms with E-state index in [4.69, 9.17) is 14.5 Å².